The van der Waals surface area contributed by atoms with E-state index in [0.717, 1.165) is 48.6 Å². The van der Waals surface area contributed by atoms with Crippen LogP contribution < -0.4 is 10.1 Å². The Morgan fingerprint density at radius 2 is 1.68 bits per heavy atom. The number of anilines is 1. The minimum Gasteiger partial charge on any atom is -0.491 e. The van der Waals surface area contributed by atoms with E-state index in [1.165, 1.54) is 31.4 Å². The predicted molar refractivity (Wildman–Crippen MR) is 137 cm³/mol. The van der Waals surface area contributed by atoms with Gasteiger partial charge in [0.1, 0.15) is 17.4 Å². The fraction of sp³-hybridized carbons (Fsp3) is 0.533. The number of benzene rings is 2. The Kier molecular flexibility index (Phi) is 6.99. The van der Waals surface area contributed by atoms with Crippen LogP contribution in [0.1, 0.15) is 92.6 Å². The SMILES string of the molecule is CCCOc1cc(F)c([C@H](CC)C(=O)O)cc1NC(=O)c1ccc(C23CC4CC(CC(C4)C2)C3)cc1F. The molecule has 37 heavy (non-hydrogen) atoms. The van der Waals surface area contributed by atoms with Gasteiger partial charge in [-0.15, -0.1) is 0 Å². The van der Waals surface area contributed by atoms with Crippen molar-refractivity contribution in [1.82, 2.24) is 0 Å². The fourth-order valence-electron chi connectivity index (χ4n) is 7.48. The molecule has 0 unspecified atom stereocenters. The highest BCUT2D eigenvalue weighted by Gasteiger charge is 2.51. The number of aliphatic carboxylic acids is 1. The van der Waals surface area contributed by atoms with Crippen molar-refractivity contribution in [3.63, 3.8) is 0 Å². The second-order valence-corrected chi connectivity index (χ2v) is 11.4. The van der Waals surface area contributed by atoms with Crippen molar-refractivity contribution in [3.8, 4) is 5.75 Å². The first-order chi connectivity index (χ1) is 17.7. The molecule has 4 saturated carbocycles. The minimum atomic E-state index is -1.16. The normalized spacial score (nSPS) is 26.6. The van der Waals surface area contributed by atoms with Crippen molar-refractivity contribution in [2.45, 2.75) is 76.5 Å². The average Bonchev–Trinajstić information content (AvgIpc) is 2.84. The first-order valence-corrected chi connectivity index (χ1v) is 13.5. The summed E-state index contributed by atoms with van der Waals surface area (Å²) in [4.78, 5) is 24.8. The van der Waals surface area contributed by atoms with Crippen LogP contribution in [0.5, 0.6) is 5.75 Å². The molecule has 2 aromatic carbocycles. The monoisotopic (exact) mass is 511 g/mol. The molecule has 5 nitrogen and oxygen atoms in total. The highest BCUT2D eigenvalue weighted by molar-refractivity contribution is 6.05. The standard InChI is InChI=1S/C30H35F2NO4/c1-3-7-37-27-13-25(32)23(21(4-2)29(35)36)12-26(27)33-28(34)22-6-5-20(11-24(22)31)30-14-17-8-18(15-30)10-19(9-17)16-30/h5-6,11-13,17-19,21H,3-4,7-10,14-16H2,1-2H3,(H,33,34)(H,35,36)/t17?,18?,19?,21-,30?/m0/s1. The number of nitrogens with one attached hydrogen (secondary N) is 1. The van der Waals surface area contributed by atoms with Crippen molar-refractivity contribution in [2.75, 3.05) is 11.9 Å². The maximum absolute atomic E-state index is 15.4. The van der Waals surface area contributed by atoms with Gasteiger partial charge in [0.15, 0.2) is 0 Å². The molecule has 0 aliphatic heterocycles. The maximum Gasteiger partial charge on any atom is 0.311 e. The first-order valence-electron chi connectivity index (χ1n) is 13.5. The summed E-state index contributed by atoms with van der Waals surface area (Å²) >= 11 is 0. The minimum absolute atomic E-state index is 0.0175. The lowest BCUT2D eigenvalue weighted by atomic mass is 9.48. The maximum atomic E-state index is 15.4. The quantitative estimate of drug-likeness (QED) is 0.378. The van der Waals surface area contributed by atoms with E-state index in [9.17, 15) is 19.1 Å². The van der Waals surface area contributed by atoms with Gasteiger partial charge >= 0.3 is 5.97 Å². The van der Waals surface area contributed by atoms with E-state index in [4.69, 9.17) is 4.74 Å². The zero-order valence-corrected chi connectivity index (χ0v) is 21.5. The molecule has 0 aromatic heterocycles. The molecule has 4 aliphatic carbocycles. The summed E-state index contributed by atoms with van der Waals surface area (Å²) in [7, 11) is 0. The third kappa shape index (κ3) is 4.85. The highest BCUT2D eigenvalue weighted by Crippen LogP contribution is 2.60. The smallest absolute Gasteiger partial charge is 0.311 e. The molecule has 4 fully saturated rings. The van der Waals surface area contributed by atoms with Gasteiger partial charge in [0.05, 0.1) is 23.8 Å². The van der Waals surface area contributed by atoms with Gasteiger partial charge in [-0.05, 0) is 98.3 Å². The van der Waals surface area contributed by atoms with Gasteiger partial charge in [-0.3, -0.25) is 9.59 Å². The zero-order chi connectivity index (χ0) is 26.3. The number of hydrogen-bond acceptors (Lipinski definition) is 3. The molecule has 4 bridgehead atoms. The van der Waals surface area contributed by atoms with Crippen molar-refractivity contribution in [3.05, 3.63) is 58.7 Å². The Labute approximate surface area is 216 Å². The third-order valence-electron chi connectivity index (χ3n) is 8.75. The first kappa shape index (κ1) is 25.7. The lowest BCUT2D eigenvalue weighted by Gasteiger charge is -2.57. The number of carboxylic acids is 1. The zero-order valence-electron chi connectivity index (χ0n) is 21.5. The van der Waals surface area contributed by atoms with Crippen LogP contribution in [0, 0.1) is 29.4 Å². The molecule has 0 saturated heterocycles. The van der Waals surface area contributed by atoms with E-state index < -0.39 is 29.4 Å². The molecule has 1 amide bonds. The Morgan fingerprint density at radius 3 is 2.22 bits per heavy atom. The van der Waals surface area contributed by atoms with Crippen LogP contribution in [-0.2, 0) is 10.2 Å². The molecule has 7 heteroatoms. The Balaban J connectivity index is 1.42. The molecule has 2 N–H and O–H groups in total. The fourth-order valence-corrected chi connectivity index (χ4v) is 7.48. The Morgan fingerprint density at radius 1 is 1.03 bits per heavy atom. The van der Waals surface area contributed by atoms with Crippen molar-refractivity contribution in [2.24, 2.45) is 17.8 Å². The van der Waals surface area contributed by atoms with E-state index in [-0.39, 0.29) is 41.0 Å². The highest BCUT2D eigenvalue weighted by atomic mass is 19.1. The topological polar surface area (TPSA) is 75.6 Å². The van der Waals surface area contributed by atoms with Crippen LogP contribution in [-0.4, -0.2) is 23.6 Å². The summed E-state index contributed by atoms with van der Waals surface area (Å²) in [5, 5.41) is 12.2. The summed E-state index contributed by atoms with van der Waals surface area (Å²) in [6.45, 7) is 3.83. The molecule has 0 spiro atoms. The van der Waals surface area contributed by atoms with Crippen LogP contribution in [0.15, 0.2) is 30.3 Å². The molecule has 0 heterocycles. The van der Waals surface area contributed by atoms with Gasteiger partial charge < -0.3 is 15.2 Å². The number of carboxylic acid groups (broad SMARTS) is 1. The Hall–Kier alpha value is -2.96. The summed E-state index contributed by atoms with van der Waals surface area (Å²) in [6, 6.07) is 7.36. The number of hydrogen-bond donors (Lipinski definition) is 2. The molecule has 0 radical (unpaired) electrons. The Bertz CT molecular complexity index is 1180. The number of carbonyl (C=O) groups is 2. The lowest BCUT2D eigenvalue weighted by Crippen LogP contribution is -2.48. The number of amides is 1. The molecular weight excluding hydrogens is 476 g/mol. The van der Waals surface area contributed by atoms with Crippen molar-refractivity contribution in [1.29, 1.82) is 0 Å². The van der Waals surface area contributed by atoms with Gasteiger partial charge in [-0.1, -0.05) is 19.9 Å². The number of rotatable bonds is 9. The van der Waals surface area contributed by atoms with E-state index in [1.54, 1.807) is 13.0 Å². The van der Waals surface area contributed by atoms with E-state index in [2.05, 4.69) is 5.32 Å². The number of ether oxygens (including phenoxy) is 1. The van der Waals surface area contributed by atoms with Crippen molar-refractivity contribution >= 4 is 17.6 Å². The number of carbonyl (C=O) groups excluding carboxylic acids is 1. The van der Waals surface area contributed by atoms with Crippen molar-refractivity contribution < 1.29 is 28.2 Å². The van der Waals surface area contributed by atoms with Crippen LogP contribution >= 0.6 is 0 Å². The van der Waals surface area contributed by atoms with Gasteiger partial charge in [-0.2, -0.15) is 0 Å². The van der Waals surface area contributed by atoms with Crippen LogP contribution in [0.3, 0.4) is 0 Å². The molecule has 6 rings (SSSR count). The van der Waals surface area contributed by atoms with Crippen LogP contribution in [0.25, 0.3) is 0 Å². The molecule has 4 aliphatic rings. The largest absolute Gasteiger partial charge is 0.491 e. The predicted octanol–water partition coefficient (Wildman–Crippen LogP) is 7.05. The van der Waals surface area contributed by atoms with Gasteiger partial charge in [0.2, 0.25) is 0 Å². The van der Waals surface area contributed by atoms with Gasteiger partial charge in [-0.25, -0.2) is 8.78 Å². The molecule has 198 valence electrons. The summed E-state index contributed by atoms with van der Waals surface area (Å²) < 4.78 is 35.8. The lowest BCUT2D eigenvalue weighted by molar-refractivity contribution is -0.138. The number of halogens is 2. The van der Waals surface area contributed by atoms with Crippen LogP contribution in [0.4, 0.5) is 14.5 Å². The summed E-state index contributed by atoms with van der Waals surface area (Å²) in [5.41, 5.74) is 0.977. The van der Waals surface area contributed by atoms with Gasteiger partial charge in [0, 0.05) is 11.6 Å². The average molecular weight is 512 g/mol. The second-order valence-electron chi connectivity index (χ2n) is 11.4. The summed E-state index contributed by atoms with van der Waals surface area (Å²) in [6.07, 6.45) is 8.02. The van der Waals surface area contributed by atoms with E-state index in [1.807, 2.05) is 13.0 Å². The summed E-state index contributed by atoms with van der Waals surface area (Å²) in [5.74, 6) is -1.96. The molecular formula is C30H35F2NO4. The van der Waals surface area contributed by atoms with E-state index in [0.29, 0.717) is 6.42 Å². The van der Waals surface area contributed by atoms with Crippen LogP contribution in [0.2, 0.25) is 0 Å². The van der Waals surface area contributed by atoms with Gasteiger partial charge in [0.25, 0.3) is 5.91 Å². The second kappa shape index (κ2) is 10.1. The molecule has 2 aromatic rings. The molecule has 1 atom stereocenters. The third-order valence-corrected chi connectivity index (χ3v) is 8.75. The van der Waals surface area contributed by atoms with E-state index >= 15 is 4.39 Å².